The summed E-state index contributed by atoms with van der Waals surface area (Å²) >= 11 is 0. The average molecular weight is 377 g/mol. The number of hydrogen-bond donors (Lipinski definition) is 1. The van der Waals surface area contributed by atoms with Crippen LogP contribution in [0.2, 0.25) is 0 Å². The third-order valence-corrected chi connectivity index (χ3v) is 6.23. The quantitative estimate of drug-likeness (QED) is 0.758. The lowest BCUT2D eigenvalue weighted by molar-refractivity contribution is 0.315. The van der Waals surface area contributed by atoms with Gasteiger partial charge >= 0.3 is 0 Å². The van der Waals surface area contributed by atoms with Gasteiger partial charge in [0.25, 0.3) is 0 Å². The fourth-order valence-electron chi connectivity index (χ4n) is 3.00. The van der Waals surface area contributed by atoms with Crippen LogP contribution in [0.5, 0.6) is 5.75 Å². The van der Waals surface area contributed by atoms with Gasteiger partial charge in [-0.3, -0.25) is 0 Å². The van der Waals surface area contributed by atoms with Crippen molar-refractivity contribution in [2.24, 2.45) is 0 Å². The second-order valence-corrected chi connectivity index (χ2v) is 8.65. The lowest BCUT2D eigenvalue weighted by Gasteiger charge is -2.17. The van der Waals surface area contributed by atoms with E-state index < -0.39 is 10.0 Å². The van der Waals surface area contributed by atoms with Crippen LogP contribution < -0.4 is 9.46 Å². The van der Waals surface area contributed by atoms with Gasteiger partial charge in [-0.15, -0.1) is 0 Å². The van der Waals surface area contributed by atoms with Crippen LogP contribution in [-0.2, 0) is 15.4 Å². The van der Waals surface area contributed by atoms with E-state index in [0.29, 0.717) is 18.9 Å². The Hall–Kier alpha value is -1.92. The van der Waals surface area contributed by atoms with E-state index in [-0.39, 0.29) is 16.1 Å². The van der Waals surface area contributed by atoms with Gasteiger partial charge in [-0.1, -0.05) is 19.1 Å². The van der Waals surface area contributed by atoms with E-state index in [1.54, 1.807) is 30.3 Å². The summed E-state index contributed by atoms with van der Waals surface area (Å²) in [5.74, 6) is 0.418. The van der Waals surface area contributed by atoms with E-state index >= 15 is 0 Å². The summed E-state index contributed by atoms with van der Waals surface area (Å²) in [6.45, 7) is 4.78. The van der Waals surface area contributed by atoms with Crippen LogP contribution in [-0.4, -0.2) is 21.6 Å². The molecule has 0 spiro atoms. The highest BCUT2D eigenvalue weighted by Crippen LogP contribution is 2.47. The number of halogens is 1. The van der Waals surface area contributed by atoms with Gasteiger partial charge in [-0.25, -0.2) is 17.5 Å². The zero-order valence-electron chi connectivity index (χ0n) is 15.1. The lowest BCUT2D eigenvalue weighted by atomic mass is 9.96. The lowest BCUT2D eigenvalue weighted by Crippen LogP contribution is -2.32. The number of sulfonamides is 1. The summed E-state index contributed by atoms with van der Waals surface area (Å²) < 4.78 is 46.8. The molecule has 1 aliphatic rings. The standard InChI is InChI=1S/C20H24FNO3S/c1-3-12-25-19-9-8-18(13-15(19)2)26(23,24)22-14-20(10-11-20)16-4-6-17(21)7-5-16/h4-9,13,22H,3,10-12,14H2,1-2H3. The van der Waals surface area contributed by atoms with Crippen LogP contribution in [0.4, 0.5) is 4.39 Å². The minimum Gasteiger partial charge on any atom is -0.493 e. The van der Waals surface area contributed by atoms with Crippen molar-refractivity contribution in [2.75, 3.05) is 13.2 Å². The Bertz CT molecular complexity index is 874. The molecule has 0 aromatic heterocycles. The first-order valence-electron chi connectivity index (χ1n) is 8.85. The first-order chi connectivity index (χ1) is 12.4. The molecule has 2 aromatic rings. The zero-order chi connectivity index (χ0) is 18.8. The molecule has 2 aromatic carbocycles. The second-order valence-electron chi connectivity index (χ2n) is 6.89. The maximum Gasteiger partial charge on any atom is 0.240 e. The highest BCUT2D eigenvalue weighted by molar-refractivity contribution is 7.89. The Kier molecular flexibility index (Phi) is 5.34. The normalized spacial score (nSPS) is 15.7. The maximum absolute atomic E-state index is 13.1. The van der Waals surface area contributed by atoms with Crippen LogP contribution in [0, 0.1) is 12.7 Å². The molecule has 0 amide bonds. The molecule has 140 valence electrons. The molecular weight excluding hydrogens is 353 g/mol. The van der Waals surface area contributed by atoms with Crippen molar-refractivity contribution in [3.05, 3.63) is 59.4 Å². The molecule has 3 rings (SSSR count). The van der Waals surface area contributed by atoms with E-state index in [4.69, 9.17) is 4.74 Å². The van der Waals surface area contributed by atoms with Gasteiger partial charge in [0.05, 0.1) is 11.5 Å². The van der Waals surface area contributed by atoms with Gasteiger partial charge in [0.2, 0.25) is 10.0 Å². The van der Waals surface area contributed by atoms with Crippen molar-refractivity contribution < 1.29 is 17.5 Å². The molecule has 1 saturated carbocycles. The smallest absolute Gasteiger partial charge is 0.240 e. The fourth-order valence-corrected chi connectivity index (χ4v) is 4.21. The number of hydrogen-bond acceptors (Lipinski definition) is 3. The monoisotopic (exact) mass is 377 g/mol. The minimum atomic E-state index is -3.61. The summed E-state index contributed by atoms with van der Waals surface area (Å²) in [5, 5.41) is 0. The Morgan fingerprint density at radius 3 is 2.42 bits per heavy atom. The van der Waals surface area contributed by atoms with Crippen LogP contribution in [0.25, 0.3) is 0 Å². The van der Waals surface area contributed by atoms with E-state index in [2.05, 4.69) is 4.72 Å². The van der Waals surface area contributed by atoms with Gasteiger partial charge in [0.15, 0.2) is 0 Å². The SMILES string of the molecule is CCCOc1ccc(S(=O)(=O)NCC2(c3ccc(F)cc3)CC2)cc1C. The Labute approximate surface area is 154 Å². The number of rotatable bonds is 8. The largest absolute Gasteiger partial charge is 0.493 e. The highest BCUT2D eigenvalue weighted by Gasteiger charge is 2.44. The van der Waals surface area contributed by atoms with Crippen LogP contribution in [0.3, 0.4) is 0 Å². The van der Waals surface area contributed by atoms with Crippen molar-refractivity contribution in [3.8, 4) is 5.75 Å². The molecule has 0 aliphatic heterocycles. The molecule has 0 bridgehead atoms. The van der Waals surface area contributed by atoms with Gasteiger partial charge in [0.1, 0.15) is 11.6 Å². The van der Waals surface area contributed by atoms with E-state index in [1.807, 2.05) is 13.8 Å². The predicted molar refractivity (Wildman–Crippen MR) is 99.5 cm³/mol. The molecule has 4 nitrogen and oxygen atoms in total. The van der Waals surface area contributed by atoms with Crippen molar-refractivity contribution in [1.82, 2.24) is 4.72 Å². The number of ether oxygens (including phenoxy) is 1. The van der Waals surface area contributed by atoms with Crippen molar-refractivity contribution >= 4 is 10.0 Å². The highest BCUT2D eigenvalue weighted by atomic mass is 32.2. The molecule has 0 saturated heterocycles. The van der Waals surface area contributed by atoms with Crippen LogP contribution >= 0.6 is 0 Å². The first-order valence-corrected chi connectivity index (χ1v) is 10.3. The summed E-state index contributed by atoms with van der Waals surface area (Å²) in [4.78, 5) is 0.230. The van der Waals surface area contributed by atoms with Crippen molar-refractivity contribution in [2.45, 2.75) is 43.4 Å². The van der Waals surface area contributed by atoms with Crippen LogP contribution in [0.15, 0.2) is 47.4 Å². The van der Waals surface area contributed by atoms with E-state index in [9.17, 15) is 12.8 Å². The maximum atomic E-state index is 13.1. The van der Waals surface area contributed by atoms with Gasteiger partial charge in [-0.05, 0) is 67.6 Å². The Morgan fingerprint density at radius 2 is 1.85 bits per heavy atom. The molecule has 1 aliphatic carbocycles. The van der Waals surface area contributed by atoms with E-state index in [0.717, 1.165) is 30.4 Å². The van der Waals surface area contributed by atoms with Crippen molar-refractivity contribution in [3.63, 3.8) is 0 Å². The number of nitrogens with one attached hydrogen (secondary N) is 1. The van der Waals surface area contributed by atoms with E-state index in [1.165, 1.54) is 12.1 Å². The molecule has 0 heterocycles. The molecule has 26 heavy (non-hydrogen) atoms. The molecule has 1 N–H and O–H groups in total. The summed E-state index contributed by atoms with van der Waals surface area (Å²) in [6, 6.07) is 11.2. The molecule has 0 radical (unpaired) electrons. The van der Waals surface area contributed by atoms with Gasteiger partial charge < -0.3 is 4.74 Å². The topological polar surface area (TPSA) is 55.4 Å². The molecular formula is C20H24FNO3S. The first kappa shape index (κ1) is 18.9. The zero-order valence-corrected chi connectivity index (χ0v) is 15.9. The molecule has 6 heteroatoms. The third kappa shape index (κ3) is 4.07. The summed E-state index contributed by atoms with van der Waals surface area (Å²) in [7, 11) is -3.61. The number of aryl methyl sites for hydroxylation is 1. The Morgan fingerprint density at radius 1 is 1.15 bits per heavy atom. The molecule has 0 unspecified atom stereocenters. The van der Waals surface area contributed by atoms with Crippen molar-refractivity contribution in [1.29, 1.82) is 0 Å². The summed E-state index contributed by atoms with van der Waals surface area (Å²) in [5.41, 5.74) is 1.54. The molecule has 1 fully saturated rings. The minimum absolute atomic E-state index is 0.222. The predicted octanol–water partition coefficient (Wildman–Crippen LogP) is 3.93. The fraction of sp³-hybridized carbons (Fsp3) is 0.400. The third-order valence-electron chi connectivity index (χ3n) is 4.83. The second kappa shape index (κ2) is 7.37. The van der Waals surface area contributed by atoms with Gasteiger partial charge in [0, 0.05) is 12.0 Å². The average Bonchev–Trinajstić information content (AvgIpc) is 3.41. The van der Waals surface area contributed by atoms with Crippen LogP contribution in [0.1, 0.15) is 37.3 Å². The number of benzene rings is 2. The summed E-state index contributed by atoms with van der Waals surface area (Å²) in [6.07, 6.45) is 2.68. The molecule has 0 atom stereocenters. The Balaban J connectivity index is 1.71. The van der Waals surface area contributed by atoms with Gasteiger partial charge in [-0.2, -0.15) is 0 Å².